The van der Waals surface area contributed by atoms with Crippen molar-refractivity contribution < 1.29 is 4.79 Å². The lowest BCUT2D eigenvalue weighted by Gasteiger charge is -2.36. The fraction of sp³-hybridized carbons (Fsp3) is 0.533. The van der Waals surface area contributed by atoms with Crippen LogP contribution in [0, 0.1) is 0 Å². The predicted molar refractivity (Wildman–Crippen MR) is 76.8 cm³/mol. The average molecular weight is 261 g/mol. The molecule has 2 rings (SSSR count). The number of hydrogen-bond acceptors (Lipinski definition) is 3. The van der Waals surface area contributed by atoms with Gasteiger partial charge in [0.1, 0.15) is 0 Å². The highest BCUT2D eigenvalue weighted by Gasteiger charge is 2.23. The second-order valence-electron chi connectivity index (χ2n) is 5.35. The lowest BCUT2D eigenvalue weighted by molar-refractivity contribution is -0.123. The number of hydrogen-bond donors (Lipinski definition) is 2. The number of rotatable bonds is 4. The largest absolute Gasteiger partial charge is 0.351 e. The van der Waals surface area contributed by atoms with Gasteiger partial charge in [-0.05, 0) is 19.4 Å². The van der Waals surface area contributed by atoms with E-state index in [2.05, 4.69) is 29.4 Å². The van der Waals surface area contributed by atoms with Crippen molar-refractivity contribution in [2.24, 2.45) is 0 Å². The molecule has 1 aliphatic rings. The molecule has 19 heavy (non-hydrogen) atoms. The zero-order valence-electron chi connectivity index (χ0n) is 11.7. The van der Waals surface area contributed by atoms with Gasteiger partial charge in [-0.2, -0.15) is 0 Å². The van der Waals surface area contributed by atoms with Gasteiger partial charge in [-0.25, -0.2) is 0 Å². The highest BCUT2D eigenvalue weighted by molar-refractivity contribution is 5.78. The molecule has 4 nitrogen and oxygen atoms in total. The zero-order valence-corrected chi connectivity index (χ0v) is 11.7. The van der Waals surface area contributed by atoms with Crippen LogP contribution in [0.3, 0.4) is 0 Å². The summed E-state index contributed by atoms with van der Waals surface area (Å²) < 4.78 is 0. The van der Waals surface area contributed by atoms with Crippen molar-refractivity contribution in [3.63, 3.8) is 0 Å². The molecule has 4 heteroatoms. The van der Waals surface area contributed by atoms with Crippen LogP contribution in [0.25, 0.3) is 0 Å². The van der Waals surface area contributed by atoms with Crippen molar-refractivity contribution >= 4 is 5.91 Å². The van der Waals surface area contributed by atoms with Gasteiger partial charge in [0.05, 0.1) is 6.54 Å². The van der Waals surface area contributed by atoms with E-state index in [-0.39, 0.29) is 5.91 Å². The standard InChI is InChI=1S/C15H23N3O/c1-12-10-18(13(2)8-16-12)11-15(19)17-9-14-6-4-3-5-7-14/h3-7,12-13,16H,8-11H2,1-2H3,(H,17,19). The smallest absolute Gasteiger partial charge is 0.234 e. The Kier molecular flexibility index (Phi) is 4.93. The van der Waals surface area contributed by atoms with Crippen LogP contribution in [0.4, 0.5) is 0 Å². The number of nitrogens with one attached hydrogen (secondary N) is 2. The van der Waals surface area contributed by atoms with Crippen molar-refractivity contribution in [2.45, 2.75) is 32.5 Å². The Morgan fingerprint density at radius 3 is 2.84 bits per heavy atom. The first-order chi connectivity index (χ1) is 9.15. The third kappa shape index (κ3) is 4.33. The average Bonchev–Trinajstić information content (AvgIpc) is 2.42. The third-order valence-corrected chi connectivity index (χ3v) is 3.57. The highest BCUT2D eigenvalue weighted by Crippen LogP contribution is 2.05. The van der Waals surface area contributed by atoms with Gasteiger partial charge in [0.15, 0.2) is 0 Å². The summed E-state index contributed by atoms with van der Waals surface area (Å²) in [5, 5.41) is 6.40. The summed E-state index contributed by atoms with van der Waals surface area (Å²) in [6.45, 7) is 7.28. The van der Waals surface area contributed by atoms with Crippen molar-refractivity contribution in [1.29, 1.82) is 0 Å². The molecule has 2 unspecified atom stereocenters. The molecule has 1 heterocycles. The molecule has 1 aromatic carbocycles. The molecule has 2 atom stereocenters. The van der Waals surface area contributed by atoms with Gasteiger partial charge in [-0.3, -0.25) is 9.69 Å². The lowest BCUT2D eigenvalue weighted by atomic mass is 10.1. The van der Waals surface area contributed by atoms with Crippen LogP contribution in [0.1, 0.15) is 19.4 Å². The van der Waals surface area contributed by atoms with Crippen LogP contribution in [0.5, 0.6) is 0 Å². The van der Waals surface area contributed by atoms with Gasteiger partial charge in [-0.15, -0.1) is 0 Å². The first-order valence-electron chi connectivity index (χ1n) is 6.93. The molecular formula is C15H23N3O. The molecule has 0 saturated carbocycles. The molecule has 1 fully saturated rings. The van der Waals surface area contributed by atoms with Gasteiger partial charge in [0.2, 0.25) is 5.91 Å². The molecule has 1 saturated heterocycles. The molecule has 1 amide bonds. The number of benzene rings is 1. The summed E-state index contributed by atoms with van der Waals surface area (Å²) in [5.41, 5.74) is 1.14. The molecule has 0 aromatic heterocycles. The maximum atomic E-state index is 12.0. The maximum absolute atomic E-state index is 12.0. The molecule has 104 valence electrons. The molecule has 0 spiro atoms. The summed E-state index contributed by atoms with van der Waals surface area (Å²) in [4.78, 5) is 14.2. The van der Waals surface area contributed by atoms with E-state index in [0.717, 1.165) is 18.7 Å². The minimum absolute atomic E-state index is 0.102. The third-order valence-electron chi connectivity index (χ3n) is 3.57. The van der Waals surface area contributed by atoms with Crippen molar-refractivity contribution in [3.05, 3.63) is 35.9 Å². The van der Waals surface area contributed by atoms with E-state index >= 15 is 0 Å². The van der Waals surface area contributed by atoms with Crippen molar-refractivity contribution in [1.82, 2.24) is 15.5 Å². The van der Waals surface area contributed by atoms with Crippen LogP contribution in [0.15, 0.2) is 30.3 Å². The quantitative estimate of drug-likeness (QED) is 0.849. The van der Waals surface area contributed by atoms with E-state index in [1.54, 1.807) is 0 Å². The summed E-state index contributed by atoms with van der Waals surface area (Å²) in [7, 11) is 0. The molecule has 0 aliphatic carbocycles. The Hall–Kier alpha value is -1.39. The molecule has 1 aliphatic heterocycles. The van der Waals surface area contributed by atoms with Gasteiger partial charge < -0.3 is 10.6 Å². The fourth-order valence-electron chi connectivity index (χ4n) is 2.35. The second-order valence-corrected chi connectivity index (χ2v) is 5.35. The lowest BCUT2D eigenvalue weighted by Crippen LogP contribution is -2.56. The minimum Gasteiger partial charge on any atom is -0.351 e. The minimum atomic E-state index is 0.102. The van der Waals surface area contributed by atoms with Gasteiger partial charge in [0, 0.05) is 31.7 Å². The van der Waals surface area contributed by atoms with Crippen LogP contribution in [-0.2, 0) is 11.3 Å². The molecule has 1 aromatic rings. The number of carbonyl (C=O) groups excluding carboxylic acids is 1. The monoisotopic (exact) mass is 261 g/mol. The van der Waals surface area contributed by atoms with E-state index in [4.69, 9.17) is 0 Å². The van der Waals surface area contributed by atoms with E-state index in [1.165, 1.54) is 0 Å². The van der Waals surface area contributed by atoms with E-state index in [9.17, 15) is 4.79 Å². The number of amides is 1. The molecule has 0 radical (unpaired) electrons. The summed E-state index contributed by atoms with van der Waals surface area (Å²) in [6, 6.07) is 10.9. The van der Waals surface area contributed by atoms with Crippen LogP contribution in [0.2, 0.25) is 0 Å². The van der Waals surface area contributed by atoms with E-state index in [0.29, 0.717) is 25.2 Å². The normalized spacial score (nSPS) is 24.1. The van der Waals surface area contributed by atoms with E-state index < -0.39 is 0 Å². The Balaban J connectivity index is 1.77. The van der Waals surface area contributed by atoms with Crippen molar-refractivity contribution in [3.8, 4) is 0 Å². The predicted octanol–water partition coefficient (Wildman–Crippen LogP) is 0.985. The summed E-state index contributed by atoms with van der Waals surface area (Å²) >= 11 is 0. The number of piperazine rings is 1. The number of nitrogens with zero attached hydrogens (tertiary/aromatic N) is 1. The Labute approximate surface area is 115 Å². The van der Waals surface area contributed by atoms with Gasteiger partial charge in [0.25, 0.3) is 0 Å². The fourth-order valence-corrected chi connectivity index (χ4v) is 2.35. The van der Waals surface area contributed by atoms with Gasteiger partial charge in [-0.1, -0.05) is 30.3 Å². The highest BCUT2D eigenvalue weighted by atomic mass is 16.2. The summed E-state index contributed by atoms with van der Waals surface area (Å²) in [5.74, 6) is 0.102. The maximum Gasteiger partial charge on any atom is 0.234 e. The van der Waals surface area contributed by atoms with E-state index in [1.807, 2.05) is 30.3 Å². The van der Waals surface area contributed by atoms with Gasteiger partial charge >= 0.3 is 0 Å². The van der Waals surface area contributed by atoms with Crippen molar-refractivity contribution in [2.75, 3.05) is 19.6 Å². The zero-order chi connectivity index (χ0) is 13.7. The molecule has 2 N–H and O–H groups in total. The Bertz CT molecular complexity index is 407. The first-order valence-corrected chi connectivity index (χ1v) is 6.93. The van der Waals surface area contributed by atoms with Crippen LogP contribution in [-0.4, -0.2) is 42.5 Å². The van der Waals surface area contributed by atoms with Crippen LogP contribution >= 0.6 is 0 Å². The number of carbonyl (C=O) groups is 1. The molecule has 0 bridgehead atoms. The Morgan fingerprint density at radius 1 is 1.37 bits per heavy atom. The van der Waals surface area contributed by atoms with Crippen LogP contribution < -0.4 is 10.6 Å². The first kappa shape index (κ1) is 14.0. The molecular weight excluding hydrogens is 238 g/mol. The second kappa shape index (κ2) is 6.68. The SMILES string of the molecule is CC1CN(CC(=O)NCc2ccccc2)C(C)CN1. The Morgan fingerprint density at radius 2 is 2.11 bits per heavy atom. The summed E-state index contributed by atoms with van der Waals surface area (Å²) in [6.07, 6.45) is 0. The topological polar surface area (TPSA) is 44.4 Å².